The summed E-state index contributed by atoms with van der Waals surface area (Å²) in [5.74, 6) is -1.47. The lowest BCUT2D eigenvalue weighted by Gasteiger charge is -2.40. The fourth-order valence-electron chi connectivity index (χ4n) is 6.22. The maximum absolute atomic E-state index is 14.0. The van der Waals surface area contributed by atoms with E-state index in [1.165, 1.54) is 0 Å². The molecule has 5 rings (SSSR count). The third-order valence-corrected chi connectivity index (χ3v) is 8.10. The van der Waals surface area contributed by atoms with Crippen LogP contribution in [0.4, 0.5) is 0 Å². The monoisotopic (exact) mass is 524 g/mol. The molecule has 1 amide bonds. The molecule has 3 aliphatic rings. The smallest absolute Gasteiger partial charge is 0.336 e. The van der Waals surface area contributed by atoms with Gasteiger partial charge in [0.1, 0.15) is 17.5 Å². The summed E-state index contributed by atoms with van der Waals surface area (Å²) in [7, 11) is 1.58. The summed E-state index contributed by atoms with van der Waals surface area (Å²) in [6, 6.07) is 6.13. The van der Waals surface area contributed by atoms with Crippen molar-refractivity contribution in [3.63, 3.8) is 0 Å². The Morgan fingerprint density at radius 1 is 1.08 bits per heavy atom. The molecule has 0 radical (unpaired) electrons. The summed E-state index contributed by atoms with van der Waals surface area (Å²) in [6.07, 6.45) is 0.502. The van der Waals surface area contributed by atoms with Crippen molar-refractivity contribution in [2.24, 2.45) is 5.41 Å². The number of carboxylic acid groups (broad SMARTS) is 1. The molecule has 0 bridgehead atoms. The molecule has 1 N–H and O–H groups in total. The Labute approximate surface area is 224 Å². The molecule has 206 valence electrons. The molecule has 2 atom stereocenters. The first-order valence-electron chi connectivity index (χ1n) is 13.5. The van der Waals surface area contributed by atoms with Gasteiger partial charge in [-0.1, -0.05) is 13.8 Å². The van der Waals surface area contributed by atoms with E-state index in [0.717, 1.165) is 53.9 Å². The Hall–Kier alpha value is -2.84. The van der Waals surface area contributed by atoms with Crippen molar-refractivity contribution in [3.8, 4) is 17.0 Å². The van der Waals surface area contributed by atoms with Crippen LogP contribution in [-0.4, -0.2) is 57.5 Å². The molecular formula is C30H40N2O6. The summed E-state index contributed by atoms with van der Waals surface area (Å²) in [5, 5.41) is 9.88. The lowest BCUT2D eigenvalue weighted by atomic mass is 9.80. The van der Waals surface area contributed by atoms with Crippen molar-refractivity contribution in [1.29, 1.82) is 0 Å². The molecule has 1 fully saturated rings. The molecule has 0 spiro atoms. The quantitative estimate of drug-likeness (QED) is 0.593. The molecule has 2 aromatic rings. The Balaban J connectivity index is 1.68. The number of rotatable bonds is 3. The van der Waals surface area contributed by atoms with Crippen molar-refractivity contribution in [2.45, 2.75) is 97.8 Å². The summed E-state index contributed by atoms with van der Waals surface area (Å²) in [4.78, 5) is 28.1. The summed E-state index contributed by atoms with van der Waals surface area (Å²) >= 11 is 0. The highest BCUT2D eigenvalue weighted by atomic mass is 16.8. The van der Waals surface area contributed by atoms with E-state index in [9.17, 15) is 14.7 Å². The van der Waals surface area contributed by atoms with Crippen LogP contribution in [0.2, 0.25) is 0 Å². The van der Waals surface area contributed by atoms with Gasteiger partial charge in [-0.05, 0) is 88.6 Å². The van der Waals surface area contributed by atoms with Gasteiger partial charge in [0, 0.05) is 35.4 Å². The van der Waals surface area contributed by atoms with Crippen LogP contribution in [0.5, 0.6) is 5.75 Å². The number of aliphatic carboxylic acids is 1. The number of fused-ring (bicyclic) bond motifs is 5. The maximum atomic E-state index is 14.0. The van der Waals surface area contributed by atoms with Gasteiger partial charge in [0.15, 0.2) is 11.9 Å². The van der Waals surface area contributed by atoms with Crippen LogP contribution >= 0.6 is 0 Å². The van der Waals surface area contributed by atoms with Gasteiger partial charge >= 0.3 is 5.97 Å². The van der Waals surface area contributed by atoms with Gasteiger partial charge in [-0.3, -0.25) is 4.79 Å². The number of nitrogens with zero attached hydrogens (tertiary/aromatic N) is 2. The predicted octanol–water partition coefficient (Wildman–Crippen LogP) is 5.21. The third kappa shape index (κ3) is 4.51. The molecule has 2 unspecified atom stereocenters. The van der Waals surface area contributed by atoms with E-state index in [0.29, 0.717) is 17.9 Å². The van der Waals surface area contributed by atoms with E-state index in [1.807, 2.05) is 17.0 Å². The fraction of sp³-hybridized carbons (Fsp3) is 0.600. The van der Waals surface area contributed by atoms with Gasteiger partial charge in [0.25, 0.3) is 5.91 Å². The van der Waals surface area contributed by atoms with Crippen LogP contribution in [0.1, 0.15) is 88.2 Å². The number of aryl methyl sites for hydroxylation is 1. The zero-order valence-electron chi connectivity index (χ0n) is 23.8. The zero-order valence-corrected chi connectivity index (χ0v) is 23.8. The van der Waals surface area contributed by atoms with Crippen LogP contribution in [0.3, 0.4) is 0 Å². The van der Waals surface area contributed by atoms with Crippen LogP contribution in [0.25, 0.3) is 11.3 Å². The molecule has 1 aromatic carbocycles. The predicted molar refractivity (Wildman–Crippen MR) is 143 cm³/mol. The summed E-state index contributed by atoms with van der Waals surface area (Å²) in [5.41, 5.74) is 5.28. The van der Waals surface area contributed by atoms with E-state index < -0.39 is 24.0 Å². The Kier molecular flexibility index (Phi) is 6.23. The molecule has 0 saturated carbocycles. The topological polar surface area (TPSA) is 90.2 Å². The largest absolute Gasteiger partial charge is 0.496 e. The molecule has 3 aliphatic heterocycles. The highest BCUT2D eigenvalue weighted by molar-refractivity contribution is 5.96. The number of carbonyl (C=O) groups excluding carboxylic acids is 1. The van der Waals surface area contributed by atoms with E-state index in [1.54, 1.807) is 21.0 Å². The van der Waals surface area contributed by atoms with Crippen molar-refractivity contribution < 1.29 is 28.9 Å². The number of amides is 1. The van der Waals surface area contributed by atoms with E-state index in [-0.39, 0.29) is 16.9 Å². The van der Waals surface area contributed by atoms with Crippen molar-refractivity contribution in [2.75, 3.05) is 13.7 Å². The minimum atomic E-state index is -1.16. The molecule has 0 aliphatic carbocycles. The van der Waals surface area contributed by atoms with Gasteiger partial charge in [-0.25, -0.2) is 4.79 Å². The normalized spacial score (nSPS) is 24.2. The molecule has 1 aromatic heterocycles. The molecule has 8 heteroatoms. The first-order chi connectivity index (χ1) is 17.6. The highest BCUT2D eigenvalue weighted by Gasteiger charge is 2.47. The maximum Gasteiger partial charge on any atom is 0.336 e. The van der Waals surface area contributed by atoms with Gasteiger partial charge in [0.05, 0.1) is 7.11 Å². The second-order valence-corrected chi connectivity index (χ2v) is 13.1. The Morgan fingerprint density at radius 2 is 1.79 bits per heavy atom. The zero-order chi connectivity index (χ0) is 27.8. The number of carbonyl (C=O) groups is 2. The Bertz CT molecular complexity index is 1300. The number of aromatic nitrogens is 1. The second-order valence-electron chi connectivity index (χ2n) is 13.1. The van der Waals surface area contributed by atoms with Crippen LogP contribution in [-0.2, 0) is 33.7 Å². The average Bonchev–Trinajstić information content (AvgIpc) is 3.32. The number of ether oxygens (including phenoxy) is 3. The minimum absolute atomic E-state index is 0.0413. The molecule has 8 nitrogen and oxygen atoms in total. The highest BCUT2D eigenvalue weighted by Crippen LogP contribution is 2.46. The molecular weight excluding hydrogens is 484 g/mol. The summed E-state index contributed by atoms with van der Waals surface area (Å²) < 4.78 is 19.7. The fourth-order valence-corrected chi connectivity index (χ4v) is 6.22. The van der Waals surface area contributed by atoms with E-state index in [4.69, 9.17) is 14.2 Å². The van der Waals surface area contributed by atoms with Crippen LogP contribution < -0.4 is 4.74 Å². The SMILES string of the molecule is COc1cc2c(cc1C1OC(C)(C)OC1C(=O)O)-c1cc3c(n1CC2)C(=O)N(C(C)(C)C)CCC(C)(C)C3. The van der Waals surface area contributed by atoms with Gasteiger partial charge in [-0.15, -0.1) is 0 Å². The van der Waals surface area contributed by atoms with Crippen molar-refractivity contribution in [3.05, 3.63) is 40.6 Å². The van der Waals surface area contributed by atoms with Crippen molar-refractivity contribution in [1.82, 2.24) is 9.47 Å². The third-order valence-electron chi connectivity index (χ3n) is 8.10. The summed E-state index contributed by atoms with van der Waals surface area (Å²) in [6.45, 7) is 15.7. The molecule has 38 heavy (non-hydrogen) atoms. The lowest BCUT2D eigenvalue weighted by molar-refractivity contribution is -0.165. The van der Waals surface area contributed by atoms with Crippen LogP contribution in [0.15, 0.2) is 18.2 Å². The number of hydrogen-bond acceptors (Lipinski definition) is 5. The standard InChI is InChI=1S/C30H40N2O6/c1-28(2,3)32-12-10-29(4,5)16-18-13-21-19-15-20(24-25(27(34)35)38-30(6,7)37-24)22(36-8)14-17(19)9-11-31(21)23(18)26(32)33/h13-15,24-25H,9-12,16H2,1-8H3,(H,34,35). The van der Waals surface area contributed by atoms with Gasteiger partial charge < -0.3 is 28.8 Å². The number of benzene rings is 1. The Morgan fingerprint density at radius 3 is 2.42 bits per heavy atom. The number of methoxy groups -OCH3 is 1. The van der Waals surface area contributed by atoms with Gasteiger partial charge in [0.2, 0.25) is 0 Å². The molecule has 4 heterocycles. The average molecular weight is 525 g/mol. The first kappa shape index (κ1) is 26.8. The second kappa shape index (κ2) is 8.85. The van der Waals surface area contributed by atoms with Gasteiger partial charge in [-0.2, -0.15) is 0 Å². The van der Waals surface area contributed by atoms with Crippen LogP contribution in [0, 0.1) is 5.41 Å². The minimum Gasteiger partial charge on any atom is -0.496 e. The molecule has 1 saturated heterocycles. The number of hydrogen-bond donors (Lipinski definition) is 1. The van der Waals surface area contributed by atoms with Crippen molar-refractivity contribution >= 4 is 11.9 Å². The lowest BCUT2D eigenvalue weighted by Crippen LogP contribution is -2.49. The first-order valence-corrected chi connectivity index (χ1v) is 13.5. The number of carboxylic acids is 1. The van der Waals surface area contributed by atoms with E-state index >= 15 is 0 Å². The van der Waals surface area contributed by atoms with E-state index in [2.05, 4.69) is 45.3 Å².